The predicted molar refractivity (Wildman–Crippen MR) is 191 cm³/mol. The minimum atomic E-state index is -4.38. The Morgan fingerprint density at radius 1 is 0.860 bits per heavy atom. The molecule has 0 heterocycles. The molecule has 4 aromatic carbocycles. The Balaban J connectivity index is 1.57. The van der Waals surface area contributed by atoms with Crippen molar-refractivity contribution in [2.24, 2.45) is 0 Å². The number of ether oxygens (including phenoxy) is 2. The van der Waals surface area contributed by atoms with Crippen molar-refractivity contribution in [2.75, 3.05) is 24.6 Å². The molecule has 1 aliphatic rings. The van der Waals surface area contributed by atoms with E-state index in [1.165, 1.54) is 17.0 Å². The normalized spacial score (nSPS) is 14.0. The monoisotopic (exact) mass is 701 g/mol. The second kappa shape index (κ2) is 17.2. The van der Waals surface area contributed by atoms with E-state index in [0.29, 0.717) is 23.7 Å². The molecule has 4 aromatic rings. The quantitative estimate of drug-likeness (QED) is 0.152. The first kappa shape index (κ1) is 36.4. The molecule has 0 bridgehead atoms. The van der Waals surface area contributed by atoms with Crippen LogP contribution in [-0.2, 0) is 32.6 Å². The van der Waals surface area contributed by atoms with Gasteiger partial charge in [0.15, 0.2) is 0 Å². The summed E-state index contributed by atoms with van der Waals surface area (Å²) < 4.78 is 54.3. The highest BCUT2D eigenvalue weighted by Crippen LogP contribution is 2.28. The van der Waals surface area contributed by atoms with Crippen LogP contribution in [0.5, 0.6) is 11.5 Å². The van der Waals surface area contributed by atoms with Gasteiger partial charge in [-0.15, -0.1) is 0 Å². The minimum Gasteiger partial charge on any atom is -0.497 e. The van der Waals surface area contributed by atoms with Gasteiger partial charge in [0, 0.05) is 19.0 Å². The van der Waals surface area contributed by atoms with Crippen LogP contribution in [0.15, 0.2) is 108 Å². The minimum absolute atomic E-state index is 0.0116. The van der Waals surface area contributed by atoms with E-state index >= 15 is 0 Å². The fraction of sp³-hybridized carbons (Fsp3) is 0.333. The zero-order valence-electron chi connectivity index (χ0n) is 28.5. The van der Waals surface area contributed by atoms with Gasteiger partial charge >= 0.3 is 0 Å². The molecule has 0 spiro atoms. The maximum absolute atomic E-state index is 14.7. The third-order valence-electron chi connectivity index (χ3n) is 8.83. The SMILES string of the molecule is CCOc1ccc(N(CC(=O)N(Cc2cccc(OC)c2)[C@@H](Cc2ccccc2)C(=O)NC2CCCCC2)S(=O)(=O)c2ccc(F)cc2)cc1. The summed E-state index contributed by atoms with van der Waals surface area (Å²) in [6.45, 7) is 1.64. The molecule has 0 aromatic heterocycles. The van der Waals surface area contributed by atoms with Gasteiger partial charge in [-0.2, -0.15) is 0 Å². The van der Waals surface area contributed by atoms with Crippen molar-refractivity contribution in [2.45, 2.75) is 69.0 Å². The van der Waals surface area contributed by atoms with Gasteiger partial charge in [0.05, 0.1) is 24.3 Å². The molecule has 50 heavy (non-hydrogen) atoms. The lowest BCUT2D eigenvalue weighted by Crippen LogP contribution is -2.55. The molecule has 2 amide bonds. The Labute approximate surface area is 294 Å². The molecule has 1 fully saturated rings. The van der Waals surface area contributed by atoms with E-state index in [1.54, 1.807) is 49.6 Å². The Hall–Kier alpha value is -4.90. The highest BCUT2D eigenvalue weighted by Gasteiger charge is 2.35. The Morgan fingerprint density at radius 2 is 1.54 bits per heavy atom. The second-order valence-electron chi connectivity index (χ2n) is 12.3. The Morgan fingerprint density at radius 3 is 2.20 bits per heavy atom. The molecule has 1 N–H and O–H groups in total. The summed E-state index contributed by atoms with van der Waals surface area (Å²) in [7, 11) is -2.83. The molecule has 11 heteroatoms. The van der Waals surface area contributed by atoms with Crippen molar-refractivity contribution >= 4 is 27.5 Å². The third-order valence-corrected chi connectivity index (χ3v) is 10.6. The van der Waals surface area contributed by atoms with Gasteiger partial charge in [-0.05, 0) is 91.6 Å². The summed E-state index contributed by atoms with van der Waals surface area (Å²) >= 11 is 0. The molecular formula is C39H44FN3O6S. The van der Waals surface area contributed by atoms with Crippen molar-refractivity contribution < 1.29 is 31.9 Å². The largest absolute Gasteiger partial charge is 0.497 e. The molecule has 0 radical (unpaired) electrons. The number of methoxy groups -OCH3 is 1. The number of anilines is 1. The van der Waals surface area contributed by atoms with Crippen LogP contribution in [0.4, 0.5) is 10.1 Å². The first-order valence-corrected chi connectivity index (χ1v) is 18.4. The van der Waals surface area contributed by atoms with Crippen LogP contribution in [0.2, 0.25) is 0 Å². The number of hydrogen-bond acceptors (Lipinski definition) is 6. The number of hydrogen-bond donors (Lipinski definition) is 1. The average molecular weight is 702 g/mol. The van der Waals surface area contributed by atoms with Crippen LogP contribution in [-0.4, -0.2) is 57.5 Å². The molecular weight excluding hydrogens is 658 g/mol. The number of sulfonamides is 1. The number of benzene rings is 4. The summed E-state index contributed by atoms with van der Waals surface area (Å²) in [4.78, 5) is 30.3. The molecule has 0 saturated heterocycles. The molecule has 1 atom stereocenters. The molecule has 1 saturated carbocycles. The zero-order valence-corrected chi connectivity index (χ0v) is 29.3. The van der Waals surface area contributed by atoms with Crippen LogP contribution >= 0.6 is 0 Å². The lowest BCUT2D eigenvalue weighted by molar-refractivity contribution is -0.140. The van der Waals surface area contributed by atoms with Gasteiger partial charge < -0.3 is 19.7 Å². The first-order chi connectivity index (χ1) is 24.2. The first-order valence-electron chi connectivity index (χ1n) is 17.0. The van der Waals surface area contributed by atoms with E-state index in [-0.39, 0.29) is 35.5 Å². The smallest absolute Gasteiger partial charge is 0.264 e. The number of carbonyl (C=O) groups is 2. The van der Waals surface area contributed by atoms with Crippen molar-refractivity contribution in [1.82, 2.24) is 10.2 Å². The van der Waals surface area contributed by atoms with Gasteiger partial charge in [-0.1, -0.05) is 61.7 Å². The summed E-state index contributed by atoms with van der Waals surface area (Å²) in [5.41, 5.74) is 1.76. The van der Waals surface area contributed by atoms with Crippen LogP contribution in [0.3, 0.4) is 0 Å². The Kier molecular flexibility index (Phi) is 12.5. The molecule has 9 nitrogen and oxygen atoms in total. The van der Waals surface area contributed by atoms with E-state index in [2.05, 4.69) is 5.32 Å². The maximum Gasteiger partial charge on any atom is 0.264 e. The van der Waals surface area contributed by atoms with Gasteiger partial charge in [-0.3, -0.25) is 13.9 Å². The van der Waals surface area contributed by atoms with Crippen molar-refractivity contribution in [3.05, 3.63) is 120 Å². The number of amides is 2. The maximum atomic E-state index is 14.7. The molecule has 0 aliphatic heterocycles. The topological polar surface area (TPSA) is 105 Å². The van der Waals surface area contributed by atoms with Gasteiger partial charge in [0.25, 0.3) is 10.0 Å². The summed E-state index contributed by atoms with van der Waals surface area (Å²) in [6.07, 6.45) is 5.06. The van der Waals surface area contributed by atoms with E-state index in [9.17, 15) is 22.4 Å². The van der Waals surface area contributed by atoms with E-state index in [0.717, 1.165) is 54.1 Å². The molecule has 5 rings (SSSR count). The van der Waals surface area contributed by atoms with E-state index in [4.69, 9.17) is 9.47 Å². The van der Waals surface area contributed by atoms with Crippen LogP contribution < -0.4 is 19.1 Å². The molecule has 264 valence electrons. The van der Waals surface area contributed by atoms with Crippen LogP contribution in [0.1, 0.15) is 50.2 Å². The summed E-state index contributed by atoms with van der Waals surface area (Å²) in [6, 6.07) is 26.5. The van der Waals surface area contributed by atoms with Crippen molar-refractivity contribution in [1.29, 1.82) is 0 Å². The molecule has 1 aliphatic carbocycles. The standard InChI is InChI=1S/C39H44FN3O6S/c1-3-49-34-21-19-33(20-22-34)43(50(46,47)36-23-17-31(40)18-24-36)28-38(44)42(27-30-13-10-16-35(25-30)48-2)37(26-29-11-6-4-7-12-29)39(45)41-32-14-8-5-9-15-32/h4,6-7,10-13,16-25,32,37H,3,5,8-9,14-15,26-28H2,1-2H3,(H,41,45)/t37-/m0/s1. The number of nitrogens with one attached hydrogen (secondary N) is 1. The fourth-order valence-corrected chi connectivity index (χ4v) is 7.62. The highest BCUT2D eigenvalue weighted by atomic mass is 32.2. The van der Waals surface area contributed by atoms with Gasteiger partial charge in [-0.25, -0.2) is 12.8 Å². The van der Waals surface area contributed by atoms with Crippen molar-refractivity contribution in [3.63, 3.8) is 0 Å². The van der Waals surface area contributed by atoms with E-state index < -0.39 is 34.3 Å². The number of carbonyl (C=O) groups excluding carboxylic acids is 2. The van der Waals surface area contributed by atoms with Crippen molar-refractivity contribution in [3.8, 4) is 11.5 Å². The van der Waals surface area contributed by atoms with Gasteiger partial charge in [0.1, 0.15) is 29.9 Å². The zero-order chi connectivity index (χ0) is 35.5. The predicted octanol–water partition coefficient (Wildman–Crippen LogP) is 6.52. The summed E-state index contributed by atoms with van der Waals surface area (Å²) in [5.74, 6) is -0.373. The lowest BCUT2D eigenvalue weighted by Gasteiger charge is -2.35. The van der Waals surface area contributed by atoms with Crippen LogP contribution in [0, 0.1) is 5.82 Å². The average Bonchev–Trinajstić information content (AvgIpc) is 3.13. The number of nitrogens with zero attached hydrogens (tertiary/aromatic N) is 2. The highest BCUT2D eigenvalue weighted by molar-refractivity contribution is 7.92. The van der Waals surface area contributed by atoms with E-state index in [1.807, 2.05) is 43.3 Å². The molecule has 0 unspecified atom stereocenters. The fourth-order valence-electron chi connectivity index (χ4n) is 6.20. The number of halogens is 1. The Bertz CT molecular complexity index is 1820. The third kappa shape index (κ3) is 9.41. The van der Waals surface area contributed by atoms with Crippen LogP contribution in [0.25, 0.3) is 0 Å². The summed E-state index contributed by atoms with van der Waals surface area (Å²) in [5, 5.41) is 3.21. The second-order valence-corrected chi connectivity index (χ2v) is 14.2. The number of rotatable bonds is 15. The van der Waals surface area contributed by atoms with Gasteiger partial charge in [0.2, 0.25) is 11.8 Å². The lowest BCUT2D eigenvalue weighted by atomic mass is 9.94.